The van der Waals surface area contributed by atoms with Gasteiger partial charge in [0, 0.05) is 0 Å². The van der Waals surface area contributed by atoms with E-state index >= 15 is 0 Å². The Morgan fingerprint density at radius 2 is 0.709 bits per heavy atom. The van der Waals surface area contributed by atoms with Crippen molar-refractivity contribution in [1.29, 1.82) is 0 Å². The van der Waals surface area contributed by atoms with Gasteiger partial charge in [0.2, 0.25) is 5.91 Å². The van der Waals surface area contributed by atoms with Crippen molar-refractivity contribution in [3.05, 3.63) is 24.3 Å². The second-order valence-corrected chi connectivity index (χ2v) is 26.7. The molecule has 0 radical (unpaired) electrons. The maximum atomic E-state index is 13.3. The largest absolute Gasteiger partial charge is 0.394 e. The molecule has 0 spiro atoms. The van der Waals surface area contributed by atoms with Gasteiger partial charge in [-0.2, -0.15) is 0 Å². The number of ether oxygens (including phenoxy) is 2. The number of nitrogens with one attached hydrogen (secondary N) is 1. The van der Waals surface area contributed by atoms with Gasteiger partial charge in [-0.05, 0) is 44.9 Å². The third-order valence-corrected chi connectivity index (χ3v) is 18.5. The second kappa shape index (κ2) is 63.7. The molecule has 0 bridgehead atoms. The molecule has 11 heteroatoms. The topological polar surface area (TPSA) is 189 Å². The van der Waals surface area contributed by atoms with E-state index in [4.69, 9.17) is 9.47 Å². The third-order valence-electron chi connectivity index (χ3n) is 18.5. The molecule has 510 valence electrons. The minimum atomic E-state index is -1.66. The summed E-state index contributed by atoms with van der Waals surface area (Å²) in [7, 11) is 0. The Morgan fingerprint density at radius 3 is 1.03 bits per heavy atom. The molecule has 8 N–H and O–H groups in total. The van der Waals surface area contributed by atoms with Crippen LogP contribution in [0.5, 0.6) is 0 Å². The first-order valence-electron chi connectivity index (χ1n) is 37.7. The lowest BCUT2D eigenvalue weighted by Gasteiger charge is -2.40. The lowest BCUT2D eigenvalue weighted by molar-refractivity contribution is -0.303. The molecule has 1 amide bonds. The number of amides is 1. The molecule has 1 aliphatic rings. The fourth-order valence-electron chi connectivity index (χ4n) is 12.5. The van der Waals surface area contributed by atoms with Gasteiger partial charge in [-0.15, -0.1) is 0 Å². The van der Waals surface area contributed by atoms with Gasteiger partial charge in [-0.3, -0.25) is 4.79 Å². The van der Waals surface area contributed by atoms with Crippen molar-refractivity contribution in [2.45, 2.75) is 435 Å². The molecule has 0 aromatic carbocycles. The van der Waals surface area contributed by atoms with Gasteiger partial charge >= 0.3 is 0 Å². The van der Waals surface area contributed by atoms with Crippen molar-refractivity contribution >= 4 is 5.91 Å². The number of rotatable bonds is 67. The fourth-order valence-corrected chi connectivity index (χ4v) is 12.5. The molecular formula is C75H145NO10. The van der Waals surface area contributed by atoms with Crippen LogP contribution in [0.2, 0.25) is 0 Å². The highest BCUT2D eigenvalue weighted by Crippen LogP contribution is 2.24. The minimum Gasteiger partial charge on any atom is -0.394 e. The molecule has 11 nitrogen and oxygen atoms in total. The summed E-state index contributed by atoms with van der Waals surface area (Å²) in [5.74, 6) is -0.690. The normalized spacial score (nSPS) is 18.8. The van der Waals surface area contributed by atoms with Gasteiger partial charge in [0.05, 0.1) is 25.4 Å². The van der Waals surface area contributed by atoms with E-state index in [9.17, 15) is 40.5 Å². The highest BCUT2D eigenvalue weighted by molar-refractivity contribution is 5.80. The van der Waals surface area contributed by atoms with Gasteiger partial charge in [-0.1, -0.05) is 359 Å². The zero-order valence-corrected chi connectivity index (χ0v) is 56.6. The van der Waals surface area contributed by atoms with Crippen LogP contribution in [0.1, 0.15) is 380 Å². The maximum Gasteiger partial charge on any atom is 0.249 e. The summed E-state index contributed by atoms with van der Waals surface area (Å²) in [5.41, 5.74) is 0. The number of carbonyl (C=O) groups excluding carboxylic acids is 1. The van der Waals surface area contributed by atoms with Gasteiger partial charge < -0.3 is 50.5 Å². The highest BCUT2D eigenvalue weighted by atomic mass is 16.7. The fraction of sp³-hybridized carbons (Fsp3) is 0.933. The average molecular weight is 1220 g/mol. The third kappa shape index (κ3) is 50.3. The molecule has 0 aromatic rings. The van der Waals surface area contributed by atoms with Crippen molar-refractivity contribution in [2.75, 3.05) is 13.2 Å². The van der Waals surface area contributed by atoms with E-state index in [-0.39, 0.29) is 6.42 Å². The first-order chi connectivity index (χ1) is 42.2. The van der Waals surface area contributed by atoms with Crippen molar-refractivity contribution < 1.29 is 50.0 Å². The van der Waals surface area contributed by atoms with E-state index in [1.165, 1.54) is 295 Å². The molecule has 1 rings (SSSR count). The Morgan fingerprint density at radius 1 is 0.407 bits per heavy atom. The summed E-state index contributed by atoms with van der Waals surface area (Å²) >= 11 is 0. The van der Waals surface area contributed by atoms with E-state index < -0.39 is 74.2 Å². The molecule has 1 saturated heterocycles. The van der Waals surface area contributed by atoms with Crippen molar-refractivity contribution in [3.63, 3.8) is 0 Å². The van der Waals surface area contributed by atoms with Crippen molar-refractivity contribution in [1.82, 2.24) is 5.32 Å². The van der Waals surface area contributed by atoms with Gasteiger partial charge in [0.25, 0.3) is 0 Å². The average Bonchev–Trinajstić information content (AvgIpc) is 3.00. The summed E-state index contributed by atoms with van der Waals surface area (Å²) in [6.45, 7) is 3.52. The number of allylic oxidation sites excluding steroid dienone is 4. The molecule has 0 aromatic heterocycles. The number of unbranched alkanes of at least 4 members (excludes halogenated alkanes) is 51. The van der Waals surface area contributed by atoms with Crippen molar-refractivity contribution in [3.8, 4) is 0 Å². The van der Waals surface area contributed by atoms with Gasteiger partial charge in [-0.25, -0.2) is 0 Å². The number of hydrogen-bond acceptors (Lipinski definition) is 10. The summed E-state index contributed by atoms with van der Waals surface area (Å²) in [5, 5.41) is 76.7. The molecular weight excluding hydrogens is 1070 g/mol. The minimum absolute atomic E-state index is 0.262. The number of hydrogen-bond donors (Lipinski definition) is 8. The lowest BCUT2D eigenvalue weighted by atomic mass is 9.98. The van der Waals surface area contributed by atoms with E-state index in [1.807, 2.05) is 0 Å². The van der Waals surface area contributed by atoms with Crippen LogP contribution in [-0.2, 0) is 14.3 Å². The molecule has 0 saturated carbocycles. The maximum absolute atomic E-state index is 13.3. The molecule has 1 heterocycles. The SMILES string of the molecule is CCCCCCCCCCC/C=C\C/C=C\CCCCCCCCCCCCCCCCC(O)C(=O)NC(COC1OC(CO)C(O)C(O)C1O)C(O)C(O)CCCCCCCCCCCCCCCCCCCCCCCCCCCCCCC. The van der Waals surface area contributed by atoms with Crippen LogP contribution in [0, 0.1) is 0 Å². The Kier molecular flexibility index (Phi) is 61.2. The monoisotopic (exact) mass is 1220 g/mol. The van der Waals surface area contributed by atoms with Crippen molar-refractivity contribution in [2.24, 2.45) is 0 Å². The number of aliphatic hydroxyl groups is 7. The zero-order chi connectivity index (χ0) is 62.4. The quantitative estimate of drug-likeness (QED) is 0.0215. The van der Waals surface area contributed by atoms with Crippen LogP contribution >= 0.6 is 0 Å². The summed E-state index contributed by atoms with van der Waals surface area (Å²) in [4.78, 5) is 13.3. The van der Waals surface area contributed by atoms with Gasteiger partial charge in [0.15, 0.2) is 6.29 Å². The van der Waals surface area contributed by atoms with E-state index in [1.54, 1.807) is 0 Å². The molecule has 9 unspecified atom stereocenters. The Balaban J connectivity index is 2.16. The van der Waals surface area contributed by atoms with Crippen LogP contribution in [0.3, 0.4) is 0 Å². The Hall–Kier alpha value is -1.41. The summed E-state index contributed by atoms with van der Waals surface area (Å²) in [6, 6.07) is -1.17. The highest BCUT2D eigenvalue weighted by Gasteiger charge is 2.44. The molecule has 1 fully saturated rings. The summed E-state index contributed by atoms with van der Waals surface area (Å²) < 4.78 is 11.2. The van der Waals surface area contributed by atoms with E-state index in [2.05, 4.69) is 43.5 Å². The molecule has 0 aliphatic carbocycles. The standard InChI is InChI=1S/C75H145NO10/c1-3-5-7-9-11-13-15-17-19-21-23-25-27-29-31-33-35-37-39-41-43-45-47-49-51-53-55-57-59-61-63-68(79)74(84)76-66(65-85-75-73(83)72(82)71(81)69(64-77)86-75)70(80)67(78)62-60-58-56-54-52-50-48-46-44-42-40-38-36-34-32-30-28-26-24-22-20-18-16-14-12-10-8-6-4-2/h23,25,29,31,66-73,75,77-83H,3-22,24,26-28,30,32-65H2,1-2H3,(H,76,84)/b25-23-,31-29-. The first kappa shape index (κ1) is 82.6. The molecule has 9 atom stereocenters. The Labute approximate surface area is 531 Å². The summed E-state index contributed by atoms with van der Waals surface area (Å²) in [6.07, 6.45) is 69.8. The van der Waals surface area contributed by atoms with Gasteiger partial charge in [0.1, 0.15) is 36.6 Å². The number of aliphatic hydroxyl groups excluding tert-OH is 7. The predicted molar refractivity (Wildman–Crippen MR) is 362 cm³/mol. The van der Waals surface area contributed by atoms with Crippen LogP contribution in [0.25, 0.3) is 0 Å². The first-order valence-corrected chi connectivity index (χ1v) is 37.7. The van der Waals surface area contributed by atoms with Crippen LogP contribution in [-0.4, -0.2) is 110 Å². The van der Waals surface area contributed by atoms with Crippen LogP contribution in [0.4, 0.5) is 0 Å². The van der Waals surface area contributed by atoms with E-state index in [0.717, 1.165) is 44.9 Å². The van der Waals surface area contributed by atoms with E-state index in [0.29, 0.717) is 19.3 Å². The number of carbonyl (C=O) groups is 1. The van der Waals surface area contributed by atoms with Crippen LogP contribution in [0.15, 0.2) is 24.3 Å². The second-order valence-electron chi connectivity index (χ2n) is 26.7. The predicted octanol–water partition coefficient (Wildman–Crippen LogP) is 18.8. The molecule has 86 heavy (non-hydrogen) atoms. The molecule has 1 aliphatic heterocycles. The van der Waals surface area contributed by atoms with Crippen LogP contribution < -0.4 is 5.32 Å². The lowest BCUT2D eigenvalue weighted by Crippen LogP contribution is -2.60. The smallest absolute Gasteiger partial charge is 0.249 e. The Bertz CT molecular complexity index is 1450. The zero-order valence-electron chi connectivity index (χ0n) is 56.6.